The fourth-order valence-electron chi connectivity index (χ4n) is 10.1. The number of H-pyrrole nitrogens is 2. The van der Waals surface area contributed by atoms with Gasteiger partial charge in [-0.05, 0) is 83.2 Å². The molecule has 3 aromatic carbocycles. The predicted octanol–water partition coefficient (Wildman–Crippen LogP) is 8.82. The first kappa shape index (κ1) is 45.1. The second kappa shape index (κ2) is 18.2. The molecule has 14 heteroatoms. The normalized spacial score (nSPS) is 23.3. The van der Waals surface area contributed by atoms with Gasteiger partial charge in [0.05, 0.1) is 65.6 Å². The number of fused-ring (bicyclic) bond motifs is 2. The zero-order chi connectivity index (χ0) is 45.6. The number of nitrogens with zero attached hydrogens (tertiary/aromatic N) is 5. The Hall–Kier alpha value is -5.47. The maximum absolute atomic E-state index is 14.1. The van der Waals surface area contributed by atoms with Crippen LogP contribution in [0.3, 0.4) is 0 Å². The van der Waals surface area contributed by atoms with Crippen LogP contribution >= 0.6 is 0 Å². The van der Waals surface area contributed by atoms with Crippen LogP contribution < -0.4 is 10.2 Å². The van der Waals surface area contributed by atoms with E-state index < -0.39 is 12.1 Å². The average molecular weight is 875 g/mol. The number of carbonyl (C=O) groups excluding carboxylic acids is 3. The smallest absolute Gasteiger partial charge is 0.407 e. The van der Waals surface area contributed by atoms with E-state index in [0.29, 0.717) is 38.2 Å². The molecule has 7 atom stereocenters. The predicted molar refractivity (Wildman–Crippen MR) is 248 cm³/mol. The highest BCUT2D eigenvalue weighted by Crippen LogP contribution is 2.48. The minimum Gasteiger partial charge on any atom is -0.453 e. The van der Waals surface area contributed by atoms with Crippen LogP contribution in [0.5, 0.6) is 0 Å². The highest BCUT2D eigenvalue weighted by Gasteiger charge is 2.43. The first-order valence-electron chi connectivity index (χ1n) is 22.9. The number of amides is 3. The molecule has 3 aliphatic rings. The molecule has 2 aromatic heterocycles. The standard InChI is InChI=1S/C50H66N8O6/c1-28(2)21-44(59)56-26-34(62-8)24-42(56)46-51-36-17-11-30(22-38(36)53-46)40-19-20-41(58(40)33-15-13-32(14-16-33)50(5,6)7)31-12-18-37-39(23-31)54-47(52-37)43-25-35(63-9)27-57(43)48(60)45(29(3)4)55-49(61)64-10/h11-18,22-23,28-29,34-35,40-43,45H,19-21,24-27H2,1-10H3,(H,51,53)(H,52,54)(H,55,61)/t34-,35-,40+,41+,42-,43-,45-/m0/s1. The van der Waals surface area contributed by atoms with E-state index in [1.54, 1.807) is 19.1 Å². The lowest BCUT2D eigenvalue weighted by Crippen LogP contribution is -2.51. The van der Waals surface area contributed by atoms with E-state index in [2.05, 4.69) is 115 Å². The van der Waals surface area contributed by atoms with Gasteiger partial charge in [0, 0.05) is 52.3 Å². The van der Waals surface area contributed by atoms with Crippen molar-refractivity contribution in [3.05, 3.63) is 89.0 Å². The van der Waals surface area contributed by atoms with Crippen LogP contribution in [-0.2, 0) is 29.2 Å². The second-order valence-electron chi connectivity index (χ2n) is 19.8. The maximum Gasteiger partial charge on any atom is 0.407 e. The molecule has 64 heavy (non-hydrogen) atoms. The van der Waals surface area contributed by atoms with Crippen molar-refractivity contribution in [2.24, 2.45) is 11.8 Å². The SMILES string of the molecule is COC(=O)N[C@H](C(=O)N1C[C@@H](OC)C[C@H]1c1nc2ccc([C@H]3CC[C@H](c4ccc5nc([C@@H]6C[C@H](OC)CN6C(=O)CC(C)C)[nH]c5c4)N3c3ccc(C(C)(C)C)cc3)cc2[nH]1)C(C)C. The Bertz CT molecular complexity index is 2470. The van der Waals surface area contributed by atoms with E-state index in [4.69, 9.17) is 24.2 Å². The molecule has 3 N–H and O–H groups in total. The van der Waals surface area contributed by atoms with Crippen molar-refractivity contribution in [1.82, 2.24) is 35.1 Å². The molecule has 5 aromatic rings. The van der Waals surface area contributed by atoms with Crippen molar-refractivity contribution in [1.29, 1.82) is 0 Å². The minimum absolute atomic E-state index is 0.0168. The number of carbonyl (C=O) groups is 3. The van der Waals surface area contributed by atoms with Crippen molar-refractivity contribution < 1.29 is 28.6 Å². The van der Waals surface area contributed by atoms with Gasteiger partial charge in [-0.25, -0.2) is 14.8 Å². The zero-order valence-corrected chi connectivity index (χ0v) is 39.1. The summed E-state index contributed by atoms with van der Waals surface area (Å²) in [6.45, 7) is 15.6. The zero-order valence-electron chi connectivity index (χ0n) is 39.1. The van der Waals surface area contributed by atoms with E-state index in [1.807, 2.05) is 18.7 Å². The van der Waals surface area contributed by atoms with Crippen LogP contribution in [-0.4, -0.2) is 100 Å². The summed E-state index contributed by atoms with van der Waals surface area (Å²) >= 11 is 0. The molecular formula is C50H66N8O6. The number of anilines is 1. The number of aromatic nitrogens is 4. The Morgan fingerprint density at radius 1 is 0.734 bits per heavy atom. The summed E-state index contributed by atoms with van der Waals surface area (Å²) in [6, 6.07) is 20.9. The lowest BCUT2D eigenvalue weighted by molar-refractivity contribution is -0.136. The molecule has 0 spiro atoms. The van der Waals surface area contributed by atoms with E-state index in [9.17, 15) is 14.4 Å². The van der Waals surface area contributed by atoms with Crippen LogP contribution in [0.15, 0.2) is 60.7 Å². The van der Waals surface area contributed by atoms with Gasteiger partial charge in [0.15, 0.2) is 0 Å². The highest BCUT2D eigenvalue weighted by molar-refractivity contribution is 5.87. The van der Waals surface area contributed by atoms with Gasteiger partial charge < -0.3 is 44.2 Å². The number of aromatic amines is 2. The molecule has 0 aliphatic carbocycles. The number of rotatable bonds is 12. The Morgan fingerprint density at radius 2 is 1.25 bits per heavy atom. The van der Waals surface area contributed by atoms with Crippen molar-refractivity contribution in [3.8, 4) is 0 Å². The van der Waals surface area contributed by atoms with Crippen LogP contribution in [0.4, 0.5) is 10.5 Å². The summed E-state index contributed by atoms with van der Waals surface area (Å²) in [6.07, 6.45) is 2.79. The van der Waals surface area contributed by atoms with E-state index >= 15 is 0 Å². The largest absolute Gasteiger partial charge is 0.453 e. The summed E-state index contributed by atoms with van der Waals surface area (Å²) in [7, 11) is 4.67. The lowest BCUT2D eigenvalue weighted by atomic mass is 9.87. The number of hydrogen-bond donors (Lipinski definition) is 3. The number of ether oxygens (including phenoxy) is 3. The number of imidazole rings is 2. The number of alkyl carbamates (subject to hydrolysis) is 1. The van der Waals surface area contributed by atoms with Gasteiger partial charge in [-0.2, -0.15) is 0 Å². The van der Waals surface area contributed by atoms with Gasteiger partial charge in [-0.15, -0.1) is 0 Å². The molecule has 0 saturated carbocycles. The quantitative estimate of drug-likeness (QED) is 0.111. The molecule has 0 radical (unpaired) electrons. The number of methoxy groups -OCH3 is 3. The topological polar surface area (TPSA) is 158 Å². The summed E-state index contributed by atoms with van der Waals surface area (Å²) in [4.78, 5) is 63.4. The summed E-state index contributed by atoms with van der Waals surface area (Å²) < 4.78 is 16.4. The maximum atomic E-state index is 14.1. The van der Waals surface area contributed by atoms with Crippen molar-refractivity contribution in [3.63, 3.8) is 0 Å². The van der Waals surface area contributed by atoms with Gasteiger partial charge in [0.25, 0.3) is 0 Å². The Morgan fingerprint density at radius 3 is 1.72 bits per heavy atom. The molecule has 3 aliphatic heterocycles. The summed E-state index contributed by atoms with van der Waals surface area (Å²) in [5.41, 5.74) is 8.37. The Balaban J connectivity index is 1.11. The third-order valence-electron chi connectivity index (χ3n) is 13.6. The van der Waals surface area contributed by atoms with Crippen LogP contribution in [0.25, 0.3) is 22.1 Å². The lowest BCUT2D eigenvalue weighted by Gasteiger charge is -2.34. The minimum atomic E-state index is -0.761. The summed E-state index contributed by atoms with van der Waals surface area (Å²) in [5, 5.41) is 2.74. The molecule has 8 rings (SSSR count). The Labute approximate surface area is 376 Å². The number of likely N-dealkylation sites (tertiary alicyclic amines) is 2. The van der Waals surface area contributed by atoms with E-state index in [1.165, 1.54) is 23.8 Å². The first-order chi connectivity index (χ1) is 30.6. The van der Waals surface area contributed by atoms with Crippen LogP contribution in [0.2, 0.25) is 0 Å². The second-order valence-corrected chi connectivity index (χ2v) is 19.8. The van der Waals surface area contributed by atoms with E-state index in [-0.39, 0.29) is 65.4 Å². The van der Waals surface area contributed by atoms with Gasteiger partial charge in [0.1, 0.15) is 17.7 Å². The van der Waals surface area contributed by atoms with Gasteiger partial charge in [-0.3, -0.25) is 9.59 Å². The third-order valence-corrected chi connectivity index (χ3v) is 13.6. The average Bonchev–Trinajstić information content (AvgIpc) is 4.12. The molecule has 3 saturated heterocycles. The van der Waals surface area contributed by atoms with Gasteiger partial charge in [-0.1, -0.05) is 72.7 Å². The van der Waals surface area contributed by atoms with Crippen molar-refractivity contribution in [2.45, 2.75) is 128 Å². The van der Waals surface area contributed by atoms with Crippen molar-refractivity contribution in [2.75, 3.05) is 39.3 Å². The van der Waals surface area contributed by atoms with E-state index in [0.717, 1.165) is 46.4 Å². The Kier molecular flexibility index (Phi) is 12.8. The molecule has 0 bridgehead atoms. The third kappa shape index (κ3) is 8.95. The molecule has 5 heterocycles. The molecule has 3 fully saturated rings. The monoisotopic (exact) mass is 875 g/mol. The molecule has 3 amide bonds. The molecule has 0 unspecified atom stereocenters. The fourth-order valence-corrected chi connectivity index (χ4v) is 10.1. The highest BCUT2D eigenvalue weighted by atomic mass is 16.5. The molecular weight excluding hydrogens is 809 g/mol. The molecule has 14 nitrogen and oxygen atoms in total. The fraction of sp³-hybridized carbons (Fsp3) is 0.540. The molecule has 342 valence electrons. The van der Waals surface area contributed by atoms with Crippen LogP contribution in [0, 0.1) is 11.8 Å². The number of nitrogens with one attached hydrogen (secondary N) is 3. The number of hydrogen-bond acceptors (Lipinski definition) is 9. The van der Waals surface area contributed by atoms with Gasteiger partial charge in [0.2, 0.25) is 11.8 Å². The number of benzene rings is 3. The van der Waals surface area contributed by atoms with Gasteiger partial charge >= 0.3 is 6.09 Å². The first-order valence-corrected chi connectivity index (χ1v) is 22.9. The van der Waals surface area contributed by atoms with Crippen LogP contribution in [0.1, 0.15) is 133 Å². The van der Waals surface area contributed by atoms with Crippen molar-refractivity contribution >= 4 is 45.7 Å². The summed E-state index contributed by atoms with van der Waals surface area (Å²) in [5.74, 6) is 1.53.